The molecular weight excluding hydrogens is 214 g/mol. The molecule has 15 heavy (non-hydrogen) atoms. The fourth-order valence-corrected chi connectivity index (χ4v) is 1.32. The Bertz CT molecular complexity index is 317. The second-order valence-corrected chi connectivity index (χ2v) is 3.65. The van der Waals surface area contributed by atoms with Crippen molar-refractivity contribution in [1.82, 2.24) is 0 Å². The van der Waals surface area contributed by atoms with Gasteiger partial charge < -0.3 is 15.2 Å². The predicted molar refractivity (Wildman–Crippen MR) is 62.4 cm³/mol. The highest BCUT2D eigenvalue weighted by Crippen LogP contribution is 2.29. The van der Waals surface area contributed by atoms with Crippen LogP contribution in [0.2, 0.25) is 5.02 Å². The lowest BCUT2D eigenvalue weighted by molar-refractivity contribution is 0.0661. The van der Waals surface area contributed by atoms with Crippen molar-refractivity contribution < 1.29 is 9.47 Å². The zero-order valence-electron chi connectivity index (χ0n) is 9.00. The molecule has 4 heteroatoms. The Hall–Kier alpha value is -0.930. The van der Waals surface area contributed by atoms with E-state index < -0.39 is 0 Å². The summed E-state index contributed by atoms with van der Waals surface area (Å²) in [5.74, 6) is 0.606. The molecule has 0 aliphatic rings. The Labute approximate surface area is 95.1 Å². The SMILES string of the molecule is CCOCC(C)Oc1cccc(Cl)c1N. The molecule has 0 saturated heterocycles. The highest BCUT2D eigenvalue weighted by Gasteiger charge is 2.08. The summed E-state index contributed by atoms with van der Waals surface area (Å²) in [7, 11) is 0. The van der Waals surface area contributed by atoms with Crippen molar-refractivity contribution in [3.05, 3.63) is 23.2 Å². The van der Waals surface area contributed by atoms with E-state index in [2.05, 4.69) is 0 Å². The van der Waals surface area contributed by atoms with E-state index in [-0.39, 0.29) is 6.10 Å². The number of hydrogen-bond acceptors (Lipinski definition) is 3. The molecule has 84 valence electrons. The monoisotopic (exact) mass is 229 g/mol. The van der Waals surface area contributed by atoms with Gasteiger partial charge in [0.1, 0.15) is 11.9 Å². The number of para-hydroxylation sites is 1. The maximum Gasteiger partial charge on any atom is 0.144 e. The van der Waals surface area contributed by atoms with Crippen LogP contribution in [-0.2, 0) is 4.74 Å². The van der Waals surface area contributed by atoms with Gasteiger partial charge in [-0.25, -0.2) is 0 Å². The second kappa shape index (κ2) is 5.83. The standard InChI is InChI=1S/C11H16ClNO2/c1-3-14-7-8(2)15-10-6-4-5-9(12)11(10)13/h4-6,8H,3,7,13H2,1-2H3. The minimum atomic E-state index is -0.0364. The average Bonchev–Trinajstić information content (AvgIpc) is 2.22. The molecule has 0 fully saturated rings. The quantitative estimate of drug-likeness (QED) is 0.790. The number of hydrogen-bond donors (Lipinski definition) is 1. The van der Waals surface area contributed by atoms with Crippen LogP contribution in [-0.4, -0.2) is 19.3 Å². The second-order valence-electron chi connectivity index (χ2n) is 3.24. The van der Waals surface area contributed by atoms with Gasteiger partial charge in [-0.1, -0.05) is 17.7 Å². The average molecular weight is 230 g/mol. The van der Waals surface area contributed by atoms with Crippen molar-refractivity contribution in [2.24, 2.45) is 0 Å². The Kier molecular flexibility index (Phi) is 4.72. The molecule has 2 N–H and O–H groups in total. The number of rotatable bonds is 5. The van der Waals surface area contributed by atoms with Crippen molar-refractivity contribution in [1.29, 1.82) is 0 Å². The number of anilines is 1. The van der Waals surface area contributed by atoms with Crippen LogP contribution in [0.15, 0.2) is 18.2 Å². The highest BCUT2D eigenvalue weighted by atomic mass is 35.5. The molecule has 0 aliphatic heterocycles. The fourth-order valence-electron chi connectivity index (χ4n) is 1.15. The first-order valence-corrected chi connectivity index (χ1v) is 5.31. The highest BCUT2D eigenvalue weighted by molar-refractivity contribution is 6.33. The Morgan fingerprint density at radius 3 is 2.87 bits per heavy atom. The maximum absolute atomic E-state index is 5.87. The molecule has 1 aromatic rings. The minimum absolute atomic E-state index is 0.0364. The summed E-state index contributed by atoms with van der Waals surface area (Å²) in [6.45, 7) is 5.09. The summed E-state index contributed by atoms with van der Waals surface area (Å²) in [6.07, 6.45) is -0.0364. The Balaban J connectivity index is 2.60. The van der Waals surface area contributed by atoms with E-state index in [1.807, 2.05) is 13.8 Å². The van der Waals surface area contributed by atoms with Gasteiger partial charge in [-0.15, -0.1) is 0 Å². The molecule has 1 aromatic carbocycles. The molecule has 1 rings (SSSR count). The fraction of sp³-hybridized carbons (Fsp3) is 0.455. The van der Waals surface area contributed by atoms with E-state index in [1.165, 1.54) is 0 Å². The van der Waals surface area contributed by atoms with Crippen LogP contribution in [0.4, 0.5) is 5.69 Å². The van der Waals surface area contributed by atoms with Crippen LogP contribution in [0.3, 0.4) is 0 Å². The topological polar surface area (TPSA) is 44.5 Å². The van der Waals surface area contributed by atoms with Gasteiger partial charge in [0.25, 0.3) is 0 Å². The molecule has 0 heterocycles. The predicted octanol–water partition coefficient (Wildman–Crippen LogP) is 2.73. The molecular formula is C11H16ClNO2. The van der Waals surface area contributed by atoms with Gasteiger partial charge in [0.2, 0.25) is 0 Å². The zero-order chi connectivity index (χ0) is 11.3. The number of ether oxygens (including phenoxy) is 2. The number of halogens is 1. The van der Waals surface area contributed by atoms with Gasteiger partial charge >= 0.3 is 0 Å². The molecule has 3 nitrogen and oxygen atoms in total. The Morgan fingerprint density at radius 2 is 2.20 bits per heavy atom. The van der Waals surface area contributed by atoms with Crippen molar-refractivity contribution in [2.45, 2.75) is 20.0 Å². The first-order valence-electron chi connectivity index (χ1n) is 4.93. The van der Waals surface area contributed by atoms with Crippen molar-refractivity contribution in [3.8, 4) is 5.75 Å². The first-order chi connectivity index (χ1) is 7.15. The van der Waals surface area contributed by atoms with Crippen LogP contribution >= 0.6 is 11.6 Å². The maximum atomic E-state index is 5.87. The van der Waals surface area contributed by atoms with E-state index in [1.54, 1.807) is 18.2 Å². The third-order valence-electron chi connectivity index (χ3n) is 1.90. The van der Waals surface area contributed by atoms with Crippen molar-refractivity contribution in [3.63, 3.8) is 0 Å². The van der Waals surface area contributed by atoms with E-state index >= 15 is 0 Å². The summed E-state index contributed by atoms with van der Waals surface area (Å²) in [5.41, 5.74) is 6.24. The van der Waals surface area contributed by atoms with Gasteiger partial charge in [0.05, 0.1) is 17.3 Å². The summed E-state index contributed by atoms with van der Waals surface area (Å²) in [4.78, 5) is 0. The van der Waals surface area contributed by atoms with Gasteiger partial charge in [0, 0.05) is 6.61 Å². The molecule has 0 bridgehead atoms. The lowest BCUT2D eigenvalue weighted by atomic mass is 10.3. The summed E-state index contributed by atoms with van der Waals surface area (Å²) >= 11 is 5.87. The third kappa shape index (κ3) is 3.61. The largest absolute Gasteiger partial charge is 0.486 e. The van der Waals surface area contributed by atoms with Crippen molar-refractivity contribution in [2.75, 3.05) is 18.9 Å². The molecule has 0 aromatic heterocycles. The molecule has 0 amide bonds. The molecule has 0 radical (unpaired) electrons. The minimum Gasteiger partial charge on any atom is -0.486 e. The summed E-state index contributed by atoms with van der Waals surface area (Å²) < 4.78 is 10.8. The molecule has 1 atom stereocenters. The smallest absolute Gasteiger partial charge is 0.144 e. The normalized spacial score (nSPS) is 12.5. The number of nitrogens with two attached hydrogens (primary N) is 1. The van der Waals surface area contributed by atoms with Gasteiger partial charge in [-0.3, -0.25) is 0 Å². The molecule has 1 unspecified atom stereocenters. The number of benzene rings is 1. The van der Waals surface area contributed by atoms with Gasteiger partial charge in [-0.2, -0.15) is 0 Å². The van der Waals surface area contributed by atoms with Crippen LogP contribution in [0, 0.1) is 0 Å². The van der Waals surface area contributed by atoms with Crippen LogP contribution in [0.1, 0.15) is 13.8 Å². The molecule has 0 spiro atoms. The van der Waals surface area contributed by atoms with E-state index in [9.17, 15) is 0 Å². The lowest BCUT2D eigenvalue weighted by Crippen LogP contribution is -2.19. The van der Waals surface area contributed by atoms with Gasteiger partial charge in [0.15, 0.2) is 0 Å². The van der Waals surface area contributed by atoms with E-state index in [0.29, 0.717) is 29.7 Å². The van der Waals surface area contributed by atoms with E-state index in [4.69, 9.17) is 26.8 Å². The van der Waals surface area contributed by atoms with E-state index in [0.717, 1.165) is 0 Å². The molecule has 0 aliphatic carbocycles. The summed E-state index contributed by atoms with van der Waals surface area (Å²) in [6, 6.07) is 5.34. The molecule has 0 saturated carbocycles. The summed E-state index contributed by atoms with van der Waals surface area (Å²) in [5, 5.41) is 0.510. The lowest BCUT2D eigenvalue weighted by Gasteiger charge is -2.16. The van der Waals surface area contributed by atoms with Crippen LogP contribution in [0.5, 0.6) is 5.75 Å². The third-order valence-corrected chi connectivity index (χ3v) is 2.23. The van der Waals surface area contributed by atoms with Gasteiger partial charge in [-0.05, 0) is 26.0 Å². The Morgan fingerprint density at radius 1 is 1.47 bits per heavy atom. The van der Waals surface area contributed by atoms with Crippen LogP contribution in [0.25, 0.3) is 0 Å². The first kappa shape index (κ1) is 12.1. The van der Waals surface area contributed by atoms with Crippen LogP contribution < -0.4 is 10.5 Å². The van der Waals surface area contributed by atoms with Crippen molar-refractivity contribution >= 4 is 17.3 Å². The number of nitrogen functional groups attached to an aromatic ring is 1. The zero-order valence-corrected chi connectivity index (χ0v) is 9.75.